The van der Waals surface area contributed by atoms with Crippen molar-refractivity contribution in [2.45, 2.75) is 82.7 Å². The Kier molecular flexibility index (Phi) is 8.82. The second-order valence-electron chi connectivity index (χ2n) is 11.9. The Bertz CT molecular complexity index is 998. The van der Waals surface area contributed by atoms with Gasteiger partial charge in [0.05, 0.1) is 5.41 Å². The Hall–Kier alpha value is -2.67. The molecule has 1 aromatic rings. The molecule has 2 saturated heterocycles. The first-order valence-electron chi connectivity index (χ1n) is 14.7. The summed E-state index contributed by atoms with van der Waals surface area (Å²) in [6.07, 6.45) is 13.7. The van der Waals surface area contributed by atoms with Crippen molar-refractivity contribution in [2.75, 3.05) is 26.3 Å². The summed E-state index contributed by atoms with van der Waals surface area (Å²) in [5.74, 6) is 0.789. The van der Waals surface area contributed by atoms with E-state index in [4.69, 9.17) is 4.74 Å². The Morgan fingerprint density at radius 1 is 1.00 bits per heavy atom. The van der Waals surface area contributed by atoms with Crippen LogP contribution in [0.2, 0.25) is 0 Å². The molecule has 1 aromatic carbocycles. The van der Waals surface area contributed by atoms with E-state index < -0.39 is 11.5 Å². The molecular weight excluding hydrogens is 478 g/mol. The highest BCUT2D eigenvalue weighted by atomic mass is 16.5. The average molecular weight is 522 g/mol. The molecule has 7 heteroatoms. The van der Waals surface area contributed by atoms with Crippen LogP contribution in [0.5, 0.6) is 0 Å². The van der Waals surface area contributed by atoms with Gasteiger partial charge in [0.2, 0.25) is 17.7 Å². The molecule has 0 bridgehead atoms. The first-order chi connectivity index (χ1) is 18.5. The number of allylic oxidation sites excluding steroid dienone is 2. The standard InChI is InChI=1S/C31H43N3O4/c35-28(21-24-10-4-5-11-24)34-17-13-26-25(22-34)12-6-7-14-31(15-18-38-19-16-31)30(37)33-27(29(36)32-26)20-23-8-2-1-3-9-23/h1-3,6-9,24-27H,4-5,10-22H2,(H,32,36)(H,33,37)/b7-6+/t25-,26+,27-/m1/s1. The number of rotatable bonds is 4. The topological polar surface area (TPSA) is 87.7 Å². The van der Waals surface area contributed by atoms with Crippen molar-refractivity contribution in [1.82, 2.24) is 15.5 Å². The fourth-order valence-electron chi connectivity index (χ4n) is 6.80. The van der Waals surface area contributed by atoms with Crippen LogP contribution in [-0.2, 0) is 25.5 Å². The van der Waals surface area contributed by atoms with E-state index in [-0.39, 0.29) is 29.7 Å². The number of carbonyl (C=O) groups is 3. The summed E-state index contributed by atoms with van der Waals surface area (Å²) in [4.78, 5) is 42.5. The molecule has 1 spiro atoms. The number of nitrogens with one attached hydrogen (secondary N) is 2. The van der Waals surface area contributed by atoms with E-state index in [2.05, 4.69) is 22.8 Å². The molecule has 0 radical (unpaired) electrons. The smallest absolute Gasteiger partial charge is 0.243 e. The third kappa shape index (κ3) is 6.48. The second kappa shape index (κ2) is 12.5. The Morgan fingerprint density at radius 2 is 1.76 bits per heavy atom. The van der Waals surface area contributed by atoms with E-state index >= 15 is 0 Å². The number of amides is 3. The van der Waals surface area contributed by atoms with Gasteiger partial charge in [-0.25, -0.2) is 0 Å². The van der Waals surface area contributed by atoms with Gasteiger partial charge in [-0.3, -0.25) is 14.4 Å². The van der Waals surface area contributed by atoms with Crippen LogP contribution in [0, 0.1) is 17.3 Å². The molecule has 3 atom stereocenters. The minimum atomic E-state index is -0.643. The summed E-state index contributed by atoms with van der Waals surface area (Å²) in [5, 5.41) is 6.45. The summed E-state index contributed by atoms with van der Waals surface area (Å²) in [5.41, 5.74) is 0.461. The molecule has 4 aliphatic rings. The predicted molar refractivity (Wildman–Crippen MR) is 146 cm³/mol. The first kappa shape index (κ1) is 26.9. The minimum absolute atomic E-state index is 0.0191. The van der Waals surface area contributed by atoms with E-state index in [1.807, 2.05) is 35.2 Å². The summed E-state index contributed by atoms with van der Waals surface area (Å²) in [6, 6.07) is 9.22. The van der Waals surface area contributed by atoms with Crippen molar-refractivity contribution in [3.63, 3.8) is 0 Å². The monoisotopic (exact) mass is 521 g/mol. The van der Waals surface area contributed by atoms with Crippen molar-refractivity contribution < 1.29 is 19.1 Å². The fourth-order valence-corrected chi connectivity index (χ4v) is 6.80. The molecule has 5 rings (SSSR count). The highest BCUT2D eigenvalue weighted by Crippen LogP contribution is 2.36. The Balaban J connectivity index is 1.35. The number of hydrogen-bond donors (Lipinski definition) is 2. The van der Waals surface area contributed by atoms with Crippen LogP contribution in [0.3, 0.4) is 0 Å². The van der Waals surface area contributed by atoms with Gasteiger partial charge in [-0.1, -0.05) is 55.3 Å². The van der Waals surface area contributed by atoms with Crippen LogP contribution < -0.4 is 10.6 Å². The van der Waals surface area contributed by atoms with Gasteiger partial charge >= 0.3 is 0 Å². The first-order valence-corrected chi connectivity index (χ1v) is 14.7. The third-order valence-corrected chi connectivity index (χ3v) is 9.30. The molecule has 3 heterocycles. The molecule has 1 aliphatic carbocycles. The molecule has 3 fully saturated rings. The molecule has 3 amide bonds. The lowest BCUT2D eigenvalue weighted by Crippen LogP contribution is -2.58. The zero-order chi connectivity index (χ0) is 26.4. The van der Waals surface area contributed by atoms with Gasteiger partial charge < -0.3 is 20.3 Å². The second-order valence-corrected chi connectivity index (χ2v) is 11.9. The molecule has 38 heavy (non-hydrogen) atoms. The van der Waals surface area contributed by atoms with Crippen molar-refractivity contribution in [3.05, 3.63) is 48.0 Å². The summed E-state index contributed by atoms with van der Waals surface area (Å²) < 4.78 is 5.59. The number of nitrogens with zero attached hydrogens (tertiary/aromatic N) is 1. The lowest BCUT2D eigenvalue weighted by Gasteiger charge is -2.40. The Labute approximate surface area is 226 Å². The Morgan fingerprint density at radius 3 is 2.53 bits per heavy atom. The summed E-state index contributed by atoms with van der Waals surface area (Å²) in [6.45, 7) is 2.46. The van der Waals surface area contributed by atoms with Crippen LogP contribution in [0.15, 0.2) is 42.5 Å². The zero-order valence-corrected chi connectivity index (χ0v) is 22.5. The number of carbonyl (C=O) groups excluding carboxylic acids is 3. The molecule has 206 valence electrons. The molecule has 3 aliphatic heterocycles. The van der Waals surface area contributed by atoms with Crippen LogP contribution in [0.4, 0.5) is 0 Å². The quantitative estimate of drug-likeness (QED) is 0.591. The molecule has 0 aromatic heterocycles. The molecular formula is C31H43N3O4. The van der Waals surface area contributed by atoms with Gasteiger partial charge in [0.15, 0.2) is 0 Å². The van der Waals surface area contributed by atoms with Gasteiger partial charge in [-0.05, 0) is 56.4 Å². The van der Waals surface area contributed by atoms with Crippen LogP contribution in [0.1, 0.15) is 69.8 Å². The van der Waals surface area contributed by atoms with Crippen molar-refractivity contribution >= 4 is 17.7 Å². The van der Waals surface area contributed by atoms with E-state index in [1.54, 1.807) is 0 Å². The van der Waals surface area contributed by atoms with Gasteiger partial charge in [-0.2, -0.15) is 0 Å². The molecule has 2 N–H and O–H groups in total. The minimum Gasteiger partial charge on any atom is -0.381 e. The van der Waals surface area contributed by atoms with Crippen LogP contribution in [-0.4, -0.2) is 61.0 Å². The fraction of sp³-hybridized carbons (Fsp3) is 0.645. The lowest BCUT2D eigenvalue weighted by atomic mass is 9.75. The van der Waals surface area contributed by atoms with Gasteiger partial charge in [0, 0.05) is 51.1 Å². The normalized spacial score (nSPS) is 29.5. The molecule has 7 nitrogen and oxygen atoms in total. The highest BCUT2D eigenvalue weighted by molar-refractivity contribution is 5.90. The lowest BCUT2D eigenvalue weighted by molar-refractivity contribution is -0.140. The zero-order valence-electron chi connectivity index (χ0n) is 22.5. The maximum atomic E-state index is 13.7. The maximum Gasteiger partial charge on any atom is 0.243 e. The highest BCUT2D eigenvalue weighted by Gasteiger charge is 2.41. The number of benzene rings is 1. The van der Waals surface area contributed by atoms with E-state index in [1.165, 1.54) is 25.7 Å². The number of hydrogen-bond acceptors (Lipinski definition) is 4. The molecule has 0 unspecified atom stereocenters. The number of piperidine rings is 1. The van der Waals surface area contributed by atoms with Crippen molar-refractivity contribution in [1.29, 1.82) is 0 Å². The average Bonchev–Trinajstić information content (AvgIpc) is 3.45. The van der Waals surface area contributed by atoms with E-state index in [0.29, 0.717) is 64.3 Å². The number of ether oxygens (including phenoxy) is 1. The summed E-state index contributed by atoms with van der Waals surface area (Å²) in [7, 11) is 0. The SMILES string of the molecule is O=C1N[C@H]2CCN(C(=O)CC3CCCC3)C[C@H]2C/C=C/CC2(CCOCC2)C(=O)N[C@@H]1Cc1ccccc1. The van der Waals surface area contributed by atoms with Crippen molar-refractivity contribution in [3.8, 4) is 0 Å². The van der Waals surface area contributed by atoms with Crippen LogP contribution in [0.25, 0.3) is 0 Å². The predicted octanol–water partition coefficient (Wildman–Crippen LogP) is 3.77. The number of fused-ring (bicyclic) bond motifs is 1. The summed E-state index contributed by atoms with van der Waals surface area (Å²) >= 11 is 0. The van der Waals surface area contributed by atoms with Gasteiger partial charge in [-0.15, -0.1) is 0 Å². The van der Waals surface area contributed by atoms with Gasteiger partial charge in [0.1, 0.15) is 6.04 Å². The largest absolute Gasteiger partial charge is 0.381 e. The number of likely N-dealkylation sites (tertiary alicyclic amines) is 1. The molecule has 1 saturated carbocycles. The van der Waals surface area contributed by atoms with Crippen LogP contribution >= 0.6 is 0 Å². The third-order valence-electron chi connectivity index (χ3n) is 9.30. The van der Waals surface area contributed by atoms with Gasteiger partial charge in [0.25, 0.3) is 0 Å². The van der Waals surface area contributed by atoms with Crippen molar-refractivity contribution in [2.24, 2.45) is 17.3 Å². The van der Waals surface area contributed by atoms with E-state index in [9.17, 15) is 14.4 Å². The maximum absolute atomic E-state index is 13.7. The van der Waals surface area contributed by atoms with E-state index in [0.717, 1.165) is 18.4 Å².